The fourth-order valence-electron chi connectivity index (χ4n) is 2.73. The van der Waals surface area contributed by atoms with Gasteiger partial charge in [0, 0.05) is 24.1 Å². The van der Waals surface area contributed by atoms with Gasteiger partial charge >= 0.3 is 11.6 Å². The van der Waals surface area contributed by atoms with Crippen molar-refractivity contribution in [2.45, 2.75) is 13.8 Å². The molecule has 0 unspecified atom stereocenters. The number of nitrogens with one attached hydrogen (secondary N) is 1. The first-order valence-electron chi connectivity index (χ1n) is 9.76. The minimum absolute atomic E-state index is 0.0691. The monoisotopic (exact) mass is 421 g/mol. The van der Waals surface area contributed by atoms with E-state index in [-0.39, 0.29) is 22.8 Å². The molecule has 0 radical (unpaired) electrons. The number of rotatable bonds is 7. The third-order valence-corrected chi connectivity index (χ3v) is 4.37. The van der Waals surface area contributed by atoms with Crippen LogP contribution in [0.5, 0.6) is 11.5 Å². The standard InChI is InChI=1S/C24H23NO6/c1-15(2)14-25-23(27)20-12-17-7-10-19(13-21(17)31-24(20)28)30-22(26)11-6-16-4-8-18(29-3)9-5-16/h4-13,15H,14H2,1-3H3,(H,25,27)/b11-6+. The van der Waals surface area contributed by atoms with E-state index >= 15 is 0 Å². The topological polar surface area (TPSA) is 94.8 Å². The Kier molecular flexibility index (Phi) is 6.87. The van der Waals surface area contributed by atoms with Crippen molar-refractivity contribution in [2.24, 2.45) is 5.92 Å². The van der Waals surface area contributed by atoms with Crippen LogP contribution in [0.15, 0.2) is 63.8 Å². The third kappa shape index (κ3) is 5.82. The molecule has 31 heavy (non-hydrogen) atoms. The highest BCUT2D eigenvalue weighted by atomic mass is 16.5. The number of benzene rings is 2. The Morgan fingerprint density at radius 2 is 1.77 bits per heavy atom. The summed E-state index contributed by atoms with van der Waals surface area (Å²) in [5, 5.41) is 3.24. The van der Waals surface area contributed by atoms with Gasteiger partial charge in [0.1, 0.15) is 22.6 Å². The quantitative estimate of drug-likeness (QED) is 0.270. The first-order chi connectivity index (χ1) is 14.9. The second-order valence-corrected chi connectivity index (χ2v) is 7.28. The molecular weight excluding hydrogens is 398 g/mol. The van der Waals surface area contributed by atoms with Gasteiger partial charge in [-0.2, -0.15) is 0 Å². The van der Waals surface area contributed by atoms with E-state index in [0.717, 1.165) is 11.3 Å². The molecule has 0 bridgehead atoms. The van der Waals surface area contributed by atoms with Gasteiger partial charge in [0.2, 0.25) is 0 Å². The van der Waals surface area contributed by atoms with Crippen LogP contribution in [0, 0.1) is 5.92 Å². The number of amides is 1. The molecule has 1 aromatic heterocycles. The van der Waals surface area contributed by atoms with Crippen LogP contribution in [-0.2, 0) is 4.79 Å². The molecular formula is C24H23NO6. The number of methoxy groups -OCH3 is 1. The van der Waals surface area contributed by atoms with Gasteiger partial charge in [-0.3, -0.25) is 4.79 Å². The molecule has 0 aliphatic rings. The van der Waals surface area contributed by atoms with Crippen LogP contribution in [0.2, 0.25) is 0 Å². The number of esters is 1. The summed E-state index contributed by atoms with van der Waals surface area (Å²) in [5.74, 6) is 0.133. The Bertz CT molecular complexity index is 1170. The zero-order valence-electron chi connectivity index (χ0n) is 17.5. The van der Waals surface area contributed by atoms with E-state index in [1.165, 1.54) is 18.2 Å². The van der Waals surface area contributed by atoms with E-state index in [4.69, 9.17) is 13.9 Å². The summed E-state index contributed by atoms with van der Waals surface area (Å²) >= 11 is 0. The Hall–Kier alpha value is -3.87. The summed E-state index contributed by atoms with van der Waals surface area (Å²) in [5.41, 5.74) is 0.206. The normalized spacial score (nSPS) is 11.1. The van der Waals surface area contributed by atoms with Gasteiger partial charge in [-0.05, 0) is 47.9 Å². The highest BCUT2D eigenvalue weighted by Gasteiger charge is 2.14. The third-order valence-electron chi connectivity index (χ3n) is 4.37. The predicted molar refractivity (Wildman–Crippen MR) is 117 cm³/mol. The van der Waals surface area contributed by atoms with E-state index in [2.05, 4.69) is 5.32 Å². The van der Waals surface area contributed by atoms with Crippen molar-refractivity contribution < 1.29 is 23.5 Å². The lowest BCUT2D eigenvalue weighted by Crippen LogP contribution is -2.31. The summed E-state index contributed by atoms with van der Waals surface area (Å²) in [4.78, 5) is 36.5. The molecule has 7 nitrogen and oxygen atoms in total. The number of hydrogen-bond donors (Lipinski definition) is 1. The van der Waals surface area contributed by atoms with Crippen LogP contribution in [0.1, 0.15) is 29.8 Å². The van der Waals surface area contributed by atoms with Gasteiger partial charge in [0.25, 0.3) is 5.91 Å². The van der Waals surface area contributed by atoms with Crippen LogP contribution in [0.25, 0.3) is 17.0 Å². The van der Waals surface area contributed by atoms with E-state index in [0.29, 0.717) is 11.9 Å². The zero-order chi connectivity index (χ0) is 22.4. The van der Waals surface area contributed by atoms with Crippen molar-refractivity contribution in [3.8, 4) is 11.5 Å². The summed E-state index contributed by atoms with van der Waals surface area (Å²) < 4.78 is 15.6. The number of ether oxygens (including phenoxy) is 2. The summed E-state index contributed by atoms with van der Waals surface area (Å²) in [6, 6.07) is 13.3. The molecule has 0 aliphatic carbocycles. The van der Waals surface area contributed by atoms with Crippen LogP contribution in [0.3, 0.4) is 0 Å². The van der Waals surface area contributed by atoms with E-state index in [1.807, 2.05) is 26.0 Å². The van der Waals surface area contributed by atoms with Crippen LogP contribution in [0.4, 0.5) is 0 Å². The van der Waals surface area contributed by atoms with Gasteiger partial charge in [-0.1, -0.05) is 26.0 Å². The molecule has 0 aliphatic heterocycles. The molecule has 0 atom stereocenters. The first-order valence-corrected chi connectivity index (χ1v) is 9.76. The molecule has 7 heteroatoms. The molecule has 0 fully saturated rings. The van der Waals surface area contributed by atoms with Crippen LogP contribution >= 0.6 is 0 Å². The maximum Gasteiger partial charge on any atom is 0.349 e. The number of hydrogen-bond acceptors (Lipinski definition) is 6. The van der Waals surface area contributed by atoms with Gasteiger partial charge in [-0.15, -0.1) is 0 Å². The SMILES string of the molecule is COc1ccc(/C=C/C(=O)Oc2ccc3cc(C(=O)NCC(C)C)c(=O)oc3c2)cc1. The number of fused-ring (bicyclic) bond motifs is 1. The zero-order valence-corrected chi connectivity index (χ0v) is 17.5. The lowest BCUT2D eigenvalue weighted by Gasteiger charge is -2.08. The van der Waals surface area contributed by atoms with Crippen molar-refractivity contribution in [3.05, 3.63) is 76.2 Å². The van der Waals surface area contributed by atoms with Gasteiger partial charge in [0.15, 0.2) is 0 Å². The van der Waals surface area contributed by atoms with Gasteiger partial charge in [-0.25, -0.2) is 9.59 Å². The Morgan fingerprint density at radius 3 is 2.45 bits per heavy atom. The minimum atomic E-state index is -0.753. The van der Waals surface area contributed by atoms with E-state index < -0.39 is 17.5 Å². The average Bonchev–Trinajstić information content (AvgIpc) is 2.75. The summed E-state index contributed by atoms with van der Waals surface area (Å²) in [6.07, 6.45) is 2.91. The number of carbonyl (C=O) groups excluding carboxylic acids is 2. The van der Waals surface area contributed by atoms with Gasteiger partial charge < -0.3 is 19.2 Å². The van der Waals surface area contributed by atoms with Crippen molar-refractivity contribution in [1.29, 1.82) is 0 Å². The maximum absolute atomic E-state index is 12.2. The van der Waals surface area contributed by atoms with Crippen LogP contribution in [-0.4, -0.2) is 25.5 Å². The smallest absolute Gasteiger partial charge is 0.349 e. The average molecular weight is 421 g/mol. The highest BCUT2D eigenvalue weighted by molar-refractivity contribution is 5.97. The second kappa shape index (κ2) is 9.75. The van der Waals surface area contributed by atoms with Crippen molar-refractivity contribution in [3.63, 3.8) is 0 Å². The second-order valence-electron chi connectivity index (χ2n) is 7.28. The highest BCUT2D eigenvalue weighted by Crippen LogP contribution is 2.21. The summed E-state index contributed by atoms with van der Waals surface area (Å²) in [7, 11) is 1.58. The fraction of sp³-hybridized carbons (Fsp3) is 0.208. The molecule has 3 rings (SSSR count). The fourth-order valence-corrected chi connectivity index (χ4v) is 2.73. The first kappa shape index (κ1) is 21.8. The Morgan fingerprint density at radius 1 is 1.06 bits per heavy atom. The lowest BCUT2D eigenvalue weighted by atomic mass is 10.1. The molecule has 3 aromatic rings. The van der Waals surface area contributed by atoms with E-state index in [9.17, 15) is 14.4 Å². The molecule has 0 spiro atoms. The molecule has 1 heterocycles. The summed E-state index contributed by atoms with van der Waals surface area (Å²) in [6.45, 7) is 4.37. The largest absolute Gasteiger partial charge is 0.497 e. The lowest BCUT2D eigenvalue weighted by molar-refractivity contribution is -0.128. The molecule has 0 saturated carbocycles. The van der Waals surface area contributed by atoms with Crippen molar-refractivity contribution >= 4 is 28.9 Å². The Balaban J connectivity index is 1.72. The predicted octanol–water partition coefficient (Wildman–Crippen LogP) is 3.81. The molecule has 2 aromatic carbocycles. The Labute approximate surface area is 179 Å². The van der Waals surface area contributed by atoms with Crippen LogP contribution < -0.4 is 20.4 Å². The molecule has 1 amide bonds. The maximum atomic E-state index is 12.2. The molecule has 0 saturated heterocycles. The number of carbonyl (C=O) groups is 2. The minimum Gasteiger partial charge on any atom is -0.497 e. The van der Waals surface area contributed by atoms with E-state index in [1.54, 1.807) is 37.5 Å². The van der Waals surface area contributed by atoms with Crippen molar-refractivity contribution in [2.75, 3.05) is 13.7 Å². The van der Waals surface area contributed by atoms with Crippen molar-refractivity contribution in [1.82, 2.24) is 5.32 Å². The molecule has 1 N–H and O–H groups in total. The molecule has 160 valence electrons. The van der Waals surface area contributed by atoms with Gasteiger partial charge in [0.05, 0.1) is 7.11 Å².